The monoisotopic (exact) mass is 338 g/mol. The van der Waals surface area contributed by atoms with Crippen LogP contribution in [0.25, 0.3) is 0 Å². The minimum atomic E-state index is -0.0844. The molecule has 0 rings (SSSR count). The first-order valence-corrected chi connectivity index (χ1v) is 9.02. The molecular formula is C19H34N2O3. The van der Waals surface area contributed by atoms with Crippen molar-refractivity contribution in [3.05, 3.63) is 12.2 Å². The Morgan fingerprint density at radius 2 is 1.71 bits per heavy atom. The maximum absolute atomic E-state index is 11.9. The molecule has 2 N–H and O–H groups in total. The second-order valence-electron chi connectivity index (χ2n) is 6.60. The highest BCUT2D eigenvalue weighted by Crippen LogP contribution is 2.06. The number of hydrogen-bond donors (Lipinski definition) is 2. The zero-order valence-electron chi connectivity index (χ0n) is 15.7. The van der Waals surface area contributed by atoms with E-state index in [2.05, 4.69) is 17.2 Å². The molecule has 0 saturated carbocycles. The first-order valence-electron chi connectivity index (χ1n) is 9.02. The van der Waals surface area contributed by atoms with E-state index in [0.717, 1.165) is 19.3 Å². The molecule has 0 aromatic rings. The van der Waals surface area contributed by atoms with Crippen LogP contribution in [0.15, 0.2) is 12.2 Å². The van der Waals surface area contributed by atoms with Gasteiger partial charge in [0.25, 0.3) is 0 Å². The van der Waals surface area contributed by atoms with Crippen molar-refractivity contribution in [3.8, 4) is 0 Å². The Kier molecular flexibility index (Phi) is 12.1. The van der Waals surface area contributed by atoms with E-state index >= 15 is 0 Å². The van der Waals surface area contributed by atoms with E-state index < -0.39 is 0 Å². The maximum atomic E-state index is 11.9. The van der Waals surface area contributed by atoms with E-state index in [9.17, 15) is 14.4 Å². The zero-order chi connectivity index (χ0) is 18.5. The van der Waals surface area contributed by atoms with Crippen molar-refractivity contribution in [1.29, 1.82) is 0 Å². The Morgan fingerprint density at radius 3 is 2.25 bits per heavy atom. The smallest absolute Gasteiger partial charge is 0.220 e. The fraction of sp³-hybridized carbons (Fsp3) is 0.737. The van der Waals surface area contributed by atoms with E-state index in [1.54, 1.807) is 6.92 Å². The number of rotatable bonds is 14. The number of allylic oxidation sites excluding steroid dienone is 1. The quantitative estimate of drug-likeness (QED) is 0.377. The Morgan fingerprint density at radius 1 is 1.04 bits per heavy atom. The van der Waals surface area contributed by atoms with Crippen molar-refractivity contribution in [2.75, 3.05) is 6.54 Å². The van der Waals surface area contributed by atoms with Crippen LogP contribution in [0, 0.1) is 0 Å². The molecule has 1 unspecified atom stereocenters. The van der Waals surface area contributed by atoms with Crippen molar-refractivity contribution in [2.45, 2.75) is 84.7 Å². The Labute approximate surface area is 146 Å². The summed E-state index contributed by atoms with van der Waals surface area (Å²) in [6.07, 6.45) is 4.39. The number of ketones is 2. The van der Waals surface area contributed by atoms with Gasteiger partial charge >= 0.3 is 0 Å². The Bertz CT molecular complexity index is 430. The highest BCUT2D eigenvalue weighted by Gasteiger charge is 2.16. The van der Waals surface area contributed by atoms with Gasteiger partial charge in [-0.1, -0.05) is 27.4 Å². The standard InChI is InChI=1S/C19H34N2O3/c1-6-17(22)16(21-15(4)5)10-7-8-13-20-19(24)12-9-11-18(23)14(2)3/h15-16,21H,2,6-13H2,1,3-5H3,(H,20,24). The molecule has 0 spiro atoms. The summed E-state index contributed by atoms with van der Waals surface area (Å²) >= 11 is 0. The molecule has 0 bridgehead atoms. The molecule has 1 amide bonds. The number of hydrogen-bond acceptors (Lipinski definition) is 4. The van der Waals surface area contributed by atoms with Gasteiger partial charge in [-0.15, -0.1) is 0 Å². The molecule has 24 heavy (non-hydrogen) atoms. The molecule has 0 aromatic carbocycles. The number of carbonyl (C=O) groups excluding carboxylic acids is 3. The van der Waals surface area contributed by atoms with Crippen molar-refractivity contribution in [1.82, 2.24) is 10.6 Å². The number of Topliss-reactive ketones (excluding diaryl/α,β-unsaturated/α-hetero) is 2. The largest absolute Gasteiger partial charge is 0.356 e. The molecule has 0 fully saturated rings. The average molecular weight is 338 g/mol. The van der Waals surface area contributed by atoms with Gasteiger partial charge in [0.1, 0.15) is 5.78 Å². The molecule has 1 atom stereocenters. The van der Waals surface area contributed by atoms with E-state index in [0.29, 0.717) is 37.8 Å². The van der Waals surface area contributed by atoms with Crippen LogP contribution in [0.5, 0.6) is 0 Å². The fourth-order valence-corrected chi connectivity index (χ4v) is 2.40. The molecule has 5 heteroatoms. The van der Waals surface area contributed by atoms with Gasteiger partial charge in [-0.25, -0.2) is 0 Å². The minimum Gasteiger partial charge on any atom is -0.356 e. The van der Waals surface area contributed by atoms with Gasteiger partial charge in [-0.2, -0.15) is 0 Å². The summed E-state index contributed by atoms with van der Waals surface area (Å²) in [5.41, 5.74) is 0.543. The fourth-order valence-electron chi connectivity index (χ4n) is 2.40. The zero-order valence-corrected chi connectivity index (χ0v) is 15.7. The molecule has 0 saturated heterocycles. The number of carbonyl (C=O) groups is 3. The topological polar surface area (TPSA) is 75.3 Å². The van der Waals surface area contributed by atoms with Crippen LogP contribution in [0.3, 0.4) is 0 Å². The van der Waals surface area contributed by atoms with Gasteiger partial charge in [-0.05, 0) is 38.2 Å². The van der Waals surface area contributed by atoms with Gasteiger partial charge in [0.2, 0.25) is 5.91 Å². The highest BCUT2D eigenvalue weighted by atomic mass is 16.1. The summed E-state index contributed by atoms with van der Waals surface area (Å²) in [5.74, 6) is 0.244. The van der Waals surface area contributed by atoms with Crippen LogP contribution >= 0.6 is 0 Å². The van der Waals surface area contributed by atoms with E-state index in [-0.39, 0.29) is 29.6 Å². The lowest BCUT2D eigenvalue weighted by atomic mass is 10.0. The van der Waals surface area contributed by atoms with Crippen LogP contribution in [-0.4, -0.2) is 36.1 Å². The normalized spacial score (nSPS) is 12.0. The molecular weight excluding hydrogens is 304 g/mol. The number of unbranched alkanes of at least 4 members (excludes halogenated alkanes) is 1. The summed E-state index contributed by atoms with van der Waals surface area (Å²) < 4.78 is 0. The van der Waals surface area contributed by atoms with Crippen LogP contribution in [0.2, 0.25) is 0 Å². The Balaban J connectivity index is 3.83. The van der Waals surface area contributed by atoms with E-state index in [1.165, 1.54) is 0 Å². The SMILES string of the molecule is C=C(C)C(=O)CCCC(=O)NCCCCC(NC(C)C)C(=O)CC. The lowest BCUT2D eigenvalue weighted by molar-refractivity contribution is -0.122. The molecule has 0 aliphatic carbocycles. The minimum absolute atomic E-state index is 0.0204. The maximum Gasteiger partial charge on any atom is 0.220 e. The summed E-state index contributed by atoms with van der Waals surface area (Å²) in [6.45, 7) is 11.9. The lowest BCUT2D eigenvalue weighted by Gasteiger charge is -2.19. The third-order valence-corrected chi connectivity index (χ3v) is 3.80. The molecule has 0 radical (unpaired) electrons. The third kappa shape index (κ3) is 11.1. The van der Waals surface area contributed by atoms with Crippen molar-refractivity contribution < 1.29 is 14.4 Å². The van der Waals surface area contributed by atoms with Crippen LogP contribution in [0.4, 0.5) is 0 Å². The summed E-state index contributed by atoms with van der Waals surface area (Å²) in [5, 5.41) is 6.17. The predicted molar refractivity (Wildman–Crippen MR) is 97.9 cm³/mol. The first kappa shape index (κ1) is 22.5. The first-order chi connectivity index (χ1) is 11.3. The number of nitrogens with one attached hydrogen (secondary N) is 2. The van der Waals surface area contributed by atoms with Crippen LogP contribution < -0.4 is 10.6 Å². The van der Waals surface area contributed by atoms with Crippen LogP contribution in [0.1, 0.15) is 72.6 Å². The summed E-state index contributed by atoms with van der Waals surface area (Å²) in [4.78, 5) is 34.9. The van der Waals surface area contributed by atoms with Crippen molar-refractivity contribution in [2.24, 2.45) is 0 Å². The van der Waals surface area contributed by atoms with Gasteiger partial charge in [0.15, 0.2) is 5.78 Å². The molecule has 5 nitrogen and oxygen atoms in total. The van der Waals surface area contributed by atoms with E-state index in [4.69, 9.17) is 0 Å². The molecule has 0 aliphatic rings. The highest BCUT2D eigenvalue weighted by molar-refractivity contribution is 5.94. The predicted octanol–water partition coefficient (Wildman–Crippen LogP) is 2.93. The number of amides is 1. The Hall–Kier alpha value is -1.49. The van der Waals surface area contributed by atoms with Crippen molar-refractivity contribution in [3.63, 3.8) is 0 Å². The molecule has 0 aliphatic heterocycles. The van der Waals surface area contributed by atoms with Crippen LogP contribution in [-0.2, 0) is 14.4 Å². The van der Waals surface area contributed by atoms with Gasteiger partial charge < -0.3 is 10.6 Å². The second-order valence-corrected chi connectivity index (χ2v) is 6.60. The molecule has 0 heterocycles. The second kappa shape index (κ2) is 12.9. The molecule has 0 aromatic heterocycles. The van der Waals surface area contributed by atoms with Gasteiger partial charge in [-0.3, -0.25) is 14.4 Å². The average Bonchev–Trinajstić information content (AvgIpc) is 2.51. The van der Waals surface area contributed by atoms with E-state index in [1.807, 2.05) is 20.8 Å². The summed E-state index contributed by atoms with van der Waals surface area (Å²) in [6, 6.07) is 0.200. The summed E-state index contributed by atoms with van der Waals surface area (Å²) in [7, 11) is 0. The lowest BCUT2D eigenvalue weighted by Crippen LogP contribution is -2.40. The van der Waals surface area contributed by atoms with Crippen molar-refractivity contribution >= 4 is 17.5 Å². The van der Waals surface area contributed by atoms with Gasteiger partial charge in [0, 0.05) is 31.8 Å². The molecule has 138 valence electrons. The third-order valence-electron chi connectivity index (χ3n) is 3.80. The van der Waals surface area contributed by atoms with Gasteiger partial charge in [0.05, 0.1) is 6.04 Å².